The molecule has 8 heteroatoms. The summed E-state index contributed by atoms with van der Waals surface area (Å²) in [6.45, 7) is 3.47. The molecule has 0 heterocycles. The third kappa shape index (κ3) is 6.85. The van der Waals surface area contributed by atoms with Gasteiger partial charge < -0.3 is 10.1 Å². The summed E-state index contributed by atoms with van der Waals surface area (Å²) in [4.78, 5) is 36.8. The zero-order chi connectivity index (χ0) is 23.8. The van der Waals surface area contributed by atoms with Gasteiger partial charge in [0.15, 0.2) is 0 Å². The van der Waals surface area contributed by atoms with Crippen molar-refractivity contribution in [3.8, 4) is 5.75 Å². The van der Waals surface area contributed by atoms with E-state index in [0.29, 0.717) is 16.7 Å². The summed E-state index contributed by atoms with van der Waals surface area (Å²) in [5.74, 6) is -1.06. The van der Waals surface area contributed by atoms with Crippen molar-refractivity contribution in [2.75, 3.05) is 6.54 Å². The standard InChI is InChI=1S/C25H22BrN3O4/c1-16-6-5-8-18(12-16)25(32)33-22-11-10-20(26)13-19(22)14-28-29-23(30)15-27-24(31)21-9-4-3-7-17(21)2/h3-14H,15H2,1-2H3,(H,27,31)(H,29,30)/b28-14+. The Morgan fingerprint density at radius 1 is 1.00 bits per heavy atom. The molecule has 3 aromatic carbocycles. The van der Waals surface area contributed by atoms with Crippen LogP contribution in [0.15, 0.2) is 76.3 Å². The third-order valence-corrected chi connectivity index (χ3v) is 5.11. The smallest absolute Gasteiger partial charge is 0.343 e. The van der Waals surface area contributed by atoms with Gasteiger partial charge in [-0.15, -0.1) is 0 Å². The molecule has 0 aliphatic carbocycles. The predicted octanol–water partition coefficient (Wildman–Crippen LogP) is 4.17. The number of carbonyl (C=O) groups is 3. The van der Waals surface area contributed by atoms with Crippen molar-refractivity contribution < 1.29 is 19.1 Å². The van der Waals surface area contributed by atoms with Crippen LogP contribution in [0.2, 0.25) is 0 Å². The number of benzene rings is 3. The Hall–Kier alpha value is -3.78. The van der Waals surface area contributed by atoms with Crippen molar-refractivity contribution in [1.29, 1.82) is 0 Å². The van der Waals surface area contributed by atoms with Crippen LogP contribution in [0.25, 0.3) is 0 Å². The summed E-state index contributed by atoms with van der Waals surface area (Å²) < 4.78 is 6.26. The Labute approximate surface area is 200 Å². The minimum atomic E-state index is -0.501. The monoisotopic (exact) mass is 507 g/mol. The van der Waals surface area contributed by atoms with Gasteiger partial charge in [0.05, 0.1) is 18.3 Å². The Morgan fingerprint density at radius 3 is 2.55 bits per heavy atom. The second-order valence-electron chi connectivity index (χ2n) is 7.23. The SMILES string of the molecule is Cc1cccc(C(=O)Oc2ccc(Br)cc2/C=N/NC(=O)CNC(=O)c2ccccc2C)c1. The number of hydrogen-bond donors (Lipinski definition) is 2. The lowest BCUT2D eigenvalue weighted by Crippen LogP contribution is -2.35. The molecule has 0 saturated carbocycles. The van der Waals surface area contributed by atoms with Crippen molar-refractivity contribution in [3.05, 3.63) is 99.0 Å². The van der Waals surface area contributed by atoms with Gasteiger partial charge in [-0.3, -0.25) is 9.59 Å². The molecule has 2 amide bonds. The molecule has 0 atom stereocenters. The molecule has 0 bridgehead atoms. The van der Waals surface area contributed by atoms with Crippen molar-refractivity contribution in [2.45, 2.75) is 13.8 Å². The van der Waals surface area contributed by atoms with Crippen molar-refractivity contribution in [3.63, 3.8) is 0 Å². The van der Waals surface area contributed by atoms with Crippen LogP contribution in [0.4, 0.5) is 0 Å². The summed E-state index contributed by atoms with van der Waals surface area (Å²) in [6, 6.07) is 19.2. The molecule has 168 valence electrons. The fourth-order valence-electron chi connectivity index (χ4n) is 2.94. The molecule has 33 heavy (non-hydrogen) atoms. The van der Waals surface area contributed by atoms with Gasteiger partial charge in [0.1, 0.15) is 5.75 Å². The Balaban J connectivity index is 1.60. The van der Waals surface area contributed by atoms with E-state index in [0.717, 1.165) is 15.6 Å². The lowest BCUT2D eigenvalue weighted by Gasteiger charge is -2.09. The molecule has 0 saturated heterocycles. The summed E-state index contributed by atoms with van der Waals surface area (Å²) in [7, 11) is 0. The molecule has 0 radical (unpaired) electrons. The maximum atomic E-state index is 12.5. The number of amides is 2. The van der Waals surface area contributed by atoms with E-state index in [1.807, 2.05) is 32.0 Å². The summed E-state index contributed by atoms with van der Waals surface area (Å²) >= 11 is 3.37. The van der Waals surface area contributed by atoms with Gasteiger partial charge in [-0.05, 0) is 55.8 Å². The van der Waals surface area contributed by atoms with Gasteiger partial charge in [-0.25, -0.2) is 10.2 Å². The average Bonchev–Trinajstić information content (AvgIpc) is 2.79. The van der Waals surface area contributed by atoms with Crippen LogP contribution in [-0.4, -0.2) is 30.5 Å². The molecule has 0 spiro atoms. The molecular formula is C25H22BrN3O4. The minimum Gasteiger partial charge on any atom is -0.422 e. The van der Waals surface area contributed by atoms with E-state index in [-0.39, 0.29) is 18.2 Å². The maximum absolute atomic E-state index is 12.5. The molecule has 0 aliphatic heterocycles. The number of aryl methyl sites for hydroxylation is 2. The number of hydrogen-bond acceptors (Lipinski definition) is 5. The summed E-state index contributed by atoms with van der Waals surface area (Å²) in [5.41, 5.74) is 5.52. The predicted molar refractivity (Wildman–Crippen MR) is 130 cm³/mol. The van der Waals surface area contributed by atoms with Crippen LogP contribution >= 0.6 is 15.9 Å². The summed E-state index contributed by atoms with van der Waals surface area (Å²) in [5, 5.41) is 6.47. The zero-order valence-corrected chi connectivity index (χ0v) is 19.7. The first-order valence-corrected chi connectivity index (χ1v) is 10.9. The van der Waals surface area contributed by atoms with Crippen LogP contribution in [0.5, 0.6) is 5.75 Å². The number of halogens is 1. The van der Waals surface area contributed by atoms with Gasteiger partial charge in [-0.2, -0.15) is 5.10 Å². The van der Waals surface area contributed by atoms with E-state index in [9.17, 15) is 14.4 Å². The first-order valence-electron chi connectivity index (χ1n) is 10.1. The first-order chi connectivity index (χ1) is 15.8. The van der Waals surface area contributed by atoms with E-state index in [2.05, 4.69) is 31.8 Å². The molecule has 0 unspecified atom stereocenters. The molecule has 7 nitrogen and oxygen atoms in total. The number of nitrogens with one attached hydrogen (secondary N) is 2. The van der Waals surface area contributed by atoms with E-state index >= 15 is 0 Å². The fraction of sp³-hybridized carbons (Fsp3) is 0.120. The van der Waals surface area contributed by atoms with Gasteiger partial charge in [0.2, 0.25) is 0 Å². The zero-order valence-electron chi connectivity index (χ0n) is 18.1. The topological polar surface area (TPSA) is 96.9 Å². The normalized spacial score (nSPS) is 10.6. The van der Waals surface area contributed by atoms with Gasteiger partial charge in [0.25, 0.3) is 11.8 Å². The number of esters is 1. The minimum absolute atomic E-state index is 0.238. The Kier molecular flexibility index (Phi) is 8.10. The lowest BCUT2D eigenvalue weighted by molar-refractivity contribution is -0.120. The van der Waals surface area contributed by atoms with E-state index in [1.165, 1.54) is 6.21 Å². The van der Waals surface area contributed by atoms with E-state index in [4.69, 9.17) is 4.74 Å². The lowest BCUT2D eigenvalue weighted by atomic mass is 10.1. The second kappa shape index (κ2) is 11.2. The molecule has 3 rings (SSSR count). The fourth-order valence-corrected chi connectivity index (χ4v) is 3.32. The molecule has 3 aromatic rings. The average molecular weight is 508 g/mol. The van der Waals surface area contributed by atoms with Crippen LogP contribution in [-0.2, 0) is 4.79 Å². The molecule has 0 aliphatic rings. The number of nitrogens with zero attached hydrogens (tertiary/aromatic N) is 1. The third-order valence-electron chi connectivity index (χ3n) is 4.62. The highest BCUT2D eigenvalue weighted by Crippen LogP contribution is 2.23. The maximum Gasteiger partial charge on any atom is 0.343 e. The highest BCUT2D eigenvalue weighted by Gasteiger charge is 2.12. The number of carbonyl (C=O) groups excluding carboxylic acids is 3. The van der Waals surface area contributed by atoms with Crippen LogP contribution in [0.3, 0.4) is 0 Å². The second-order valence-corrected chi connectivity index (χ2v) is 8.15. The van der Waals surface area contributed by atoms with Crippen molar-refractivity contribution in [1.82, 2.24) is 10.7 Å². The number of rotatable bonds is 7. The van der Waals surface area contributed by atoms with E-state index in [1.54, 1.807) is 48.5 Å². The quantitative estimate of drug-likeness (QED) is 0.217. The number of hydrazone groups is 1. The van der Waals surface area contributed by atoms with Crippen molar-refractivity contribution in [2.24, 2.45) is 5.10 Å². The molecule has 0 fully saturated rings. The Bertz CT molecular complexity index is 1220. The van der Waals surface area contributed by atoms with Gasteiger partial charge >= 0.3 is 5.97 Å². The van der Waals surface area contributed by atoms with Crippen LogP contribution < -0.4 is 15.5 Å². The molecular weight excluding hydrogens is 486 g/mol. The number of ether oxygens (including phenoxy) is 1. The summed E-state index contributed by atoms with van der Waals surface area (Å²) in [6.07, 6.45) is 1.37. The van der Waals surface area contributed by atoms with E-state index < -0.39 is 11.9 Å². The Morgan fingerprint density at radius 2 is 1.79 bits per heavy atom. The highest BCUT2D eigenvalue weighted by atomic mass is 79.9. The van der Waals surface area contributed by atoms with Crippen molar-refractivity contribution >= 4 is 39.9 Å². The highest BCUT2D eigenvalue weighted by molar-refractivity contribution is 9.10. The molecule has 0 aromatic heterocycles. The van der Waals surface area contributed by atoms with Gasteiger partial charge in [-0.1, -0.05) is 51.8 Å². The molecule has 2 N–H and O–H groups in total. The largest absolute Gasteiger partial charge is 0.422 e. The van der Waals surface area contributed by atoms with Gasteiger partial charge in [0, 0.05) is 15.6 Å². The first kappa shape index (κ1) is 23.9. The van der Waals surface area contributed by atoms with Crippen LogP contribution in [0, 0.1) is 13.8 Å². The van der Waals surface area contributed by atoms with Crippen LogP contribution in [0.1, 0.15) is 37.4 Å².